The average Bonchev–Trinajstić information content (AvgIpc) is 3.76. The summed E-state index contributed by atoms with van der Waals surface area (Å²) in [4.78, 5) is 16.5. The van der Waals surface area contributed by atoms with Gasteiger partial charge in [-0.05, 0) is 133 Å². The number of hydrogen-bond acceptors (Lipinski definition) is 6. The maximum absolute atomic E-state index is 8.91. The van der Waals surface area contributed by atoms with Crippen molar-refractivity contribution in [1.29, 1.82) is 5.53 Å². The van der Waals surface area contributed by atoms with E-state index in [1.807, 2.05) is 36.9 Å². The van der Waals surface area contributed by atoms with Crippen molar-refractivity contribution >= 4 is 11.0 Å². The Morgan fingerprint density at radius 3 is 1.93 bits per heavy atom. The molecule has 2 N–H and O–H groups in total. The summed E-state index contributed by atoms with van der Waals surface area (Å²) in [5.41, 5.74) is 12.8. The minimum Gasteiger partial charge on any atom is -0.361 e. The lowest BCUT2D eigenvalue weighted by molar-refractivity contribution is 0.393. The van der Waals surface area contributed by atoms with Crippen LogP contribution in [-0.4, -0.2) is 24.9 Å². The predicted octanol–water partition coefficient (Wildman–Crippen LogP) is 6.34. The van der Waals surface area contributed by atoms with Gasteiger partial charge in [0.25, 0.3) is 0 Å². The van der Waals surface area contributed by atoms with Crippen molar-refractivity contribution in [2.75, 3.05) is 0 Å². The van der Waals surface area contributed by atoms with Gasteiger partial charge in [-0.1, -0.05) is 17.0 Å². The number of nitrogens with zero attached hydrogens (tertiary/aromatic N) is 8. The molecule has 1 aromatic carbocycles. The van der Waals surface area contributed by atoms with Crippen LogP contribution >= 0.6 is 0 Å². The molecule has 3 aromatic heterocycles. The molecular formula is C32H30N10O2. The molecule has 12 heteroatoms. The molecule has 0 saturated heterocycles. The Bertz CT molecular complexity index is 2050. The lowest BCUT2D eigenvalue weighted by Crippen LogP contribution is -1.95. The maximum Gasteiger partial charge on any atom is 0.141 e. The first-order chi connectivity index (χ1) is 21.5. The summed E-state index contributed by atoms with van der Waals surface area (Å²) >= 11 is 0. The van der Waals surface area contributed by atoms with Crippen molar-refractivity contribution < 1.29 is 10.2 Å². The number of benzene rings is 1. The fourth-order valence-electron chi connectivity index (χ4n) is 3.40. The summed E-state index contributed by atoms with van der Waals surface area (Å²) < 4.78 is 7.15. The van der Waals surface area contributed by atoms with E-state index in [1.165, 1.54) is 0 Å². The van der Waals surface area contributed by atoms with E-state index in [1.54, 1.807) is 26.4 Å². The van der Waals surface area contributed by atoms with Crippen LogP contribution in [0, 0.1) is 107 Å². The molecule has 0 unspecified atom stereocenters. The highest BCUT2D eigenvalue weighted by atomic mass is 16.5. The number of fused-ring (bicyclic) bond motifs is 1. The minimum absolute atomic E-state index is 0. The second kappa shape index (κ2) is 19.0. The Hall–Kier alpha value is -7.17. The smallest absolute Gasteiger partial charge is 0.141 e. The van der Waals surface area contributed by atoms with E-state index in [4.69, 9.17) is 15.0 Å². The van der Waals surface area contributed by atoms with Crippen LogP contribution in [0.2, 0.25) is 0 Å². The fourth-order valence-corrected chi connectivity index (χ4v) is 3.40. The van der Waals surface area contributed by atoms with Crippen LogP contribution in [0.1, 0.15) is 31.0 Å². The molecule has 0 aliphatic carbocycles. The van der Waals surface area contributed by atoms with Gasteiger partial charge in [-0.25, -0.2) is 4.98 Å². The highest BCUT2D eigenvalue weighted by Crippen LogP contribution is 2.34. The number of rotatable bonds is 4. The molecule has 0 fully saturated rings. The van der Waals surface area contributed by atoms with E-state index < -0.39 is 0 Å². The van der Waals surface area contributed by atoms with Gasteiger partial charge in [-0.2, -0.15) is 10.6 Å². The molecule has 3 heterocycles. The Morgan fingerprint density at radius 2 is 1.50 bits per heavy atom. The van der Waals surface area contributed by atoms with Crippen molar-refractivity contribution in [2.45, 2.75) is 27.7 Å². The standard InChI is InChI=1S/C16H15N5O.C16H6.HN5O.4H2/c1-9-15(10(2)22-20-9)11-6-12(14-4-5-19-21(14)3)16-13(7-11)17-8-18-16;1-3-5-7-9-11-13-15-16-14-12-10-8-6-4-2;1-2-3-4-5-6;;;;/h4-8H,1-3H3,(H,17,18);1-2H3;1H;4*1H/b;;2-1?,4-3+;;;;. The van der Waals surface area contributed by atoms with Crippen LogP contribution in [0.15, 0.2) is 56.2 Å². The van der Waals surface area contributed by atoms with Crippen LogP contribution < -0.4 is 0 Å². The van der Waals surface area contributed by atoms with Gasteiger partial charge < -0.3 is 9.51 Å². The zero-order valence-electron chi connectivity index (χ0n) is 24.3. The number of imidazole rings is 1. The van der Waals surface area contributed by atoms with Gasteiger partial charge >= 0.3 is 0 Å². The van der Waals surface area contributed by atoms with E-state index in [-0.39, 0.29) is 5.71 Å². The molecule has 0 aliphatic heterocycles. The number of H-pyrrole nitrogens is 1. The predicted molar refractivity (Wildman–Crippen MR) is 173 cm³/mol. The normalized spacial score (nSPS) is 8.30. The highest BCUT2D eigenvalue weighted by Gasteiger charge is 2.17. The van der Waals surface area contributed by atoms with Crippen molar-refractivity contribution in [3.05, 3.63) is 47.1 Å². The van der Waals surface area contributed by atoms with Gasteiger partial charge in [0.15, 0.2) is 0 Å². The molecule has 12 nitrogen and oxygen atoms in total. The van der Waals surface area contributed by atoms with Gasteiger partial charge in [0.2, 0.25) is 0 Å². The Balaban J connectivity index is -0.000000697. The molecule has 4 aromatic rings. The molecule has 0 radical (unpaired) electrons. The lowest BCUT2D eigenvalue weighted by atomic mass is 9.99. The molecule has 0 spiro atoms. The number of hydrogen-bond donors (Lipinski definition) is 2. The Morgan fingerprint density at radius 1 is 0.909 bits per heavy atom. The summed E-state index contributed by atoms with van der Waals surface area (Å²) in [6.45, 7) is 7.30. The summed E-state index contributed by atoms with van der Waals surface area (Å²) in [5.74, 6) is 36.4. The number of aryl methyl sites for hydroxylation is 3. The first kappa shape index (κ1) is 33.0. The van der Waals surface area contributed by atoms with Gasteiger partial charge in [-0.15, -0.1) is 4.91 Å². The van der Waals surface area contributed by atoms with Crippen molar-refractivity contribution in [2.24, 2.45) is 28.0 Å². The fraction of sp³-hybridized carbons (Fsp3) is 0.156. The Labute approximate surface area is 259 Å². The van der Waals surface area contributed by atoms with Gasteiger partial charge in [0.05, 0.1) is 28.7 Å². The Kier molecular flexibility index (Phi) is 14.3. The monoisotopic (exact) mass is 586 g/mol. The van der Waals surface area contributed by atoms with E-state index in [9.17, 15) is 0 Å². The third-order valence-electron chi connectivity index (χ3n) is 5.00. The molecule has 0 saturated carbocycles. The number of nitroso groups, excluding NO2 is 1. The third kappa shape index (κ3) is 10.4. The third-order valence-corrected chi connectivity index (χ3v) is 5.00. The summed E-state index contributed by atoms with van der Waals surface area (Å²) in [6, 6.07) is 6.18. The summed E-state index contributed by atoms with van der Waals surface area (Å²) in [7, 11) is 1.93. The zero-order valence-corrected chi connectivity index (χ0v) is 24.3. The molecule has 4 rings (SSSR count). The number of aromatic nitrogens is 5. The van der Waals surface area contributed by atoms with Gasteiger partial charge in [0, 0.05) is 35.3 Å². The van der Waals surface area contributed by atoms with Crippen LogP contribution in [0.5, 0.6) is 0 Å². The summed E-state index contributed by atoms with van der Waals surface area (Å²) in [5, 5.41) is 17.5. The van der Waals surface area contributed by atoms with Crippen LogP contribution in [-0.2, 0) is 7.05 Å². The maximum atomic E-state index is 8.91. The largest absolute Gasteiger partial charge is 0.361 e. The molecule has 0 amide bonds. The number of nitrogens with one attached hydrogen (secondary N) is 2. The van der Waals surface area contributed by atoms with E-state index in [0.29, 0.717) is 0 Å². The van der Waals surface area contributed by atoms with Gasteiger partial charge in [0.1, 0.15) is 11.0 Å². The lowest BCUT2D eigenvalue weighted by Gasteiger charge is -2.07. The second-order valence-corrected chi connectivity index (χ2v) is 7.72. The molecule has 0 aliphatic rings. The van der Waals surface area contributed by atoms with E-state index in [0.717, 1.165) is 44.9 Å². The second-order valence-electron chi connectivity index (χ2n) is 7.72. The number of aromatic amines is 1. The molecule has 0 bridgehead atoms. The van der Waals surface area contributed by atoms with Gasteiger partial charge in [-0.3, -0.25) is 4.68 Å². The minimum atomic E-state index is 0. The van der Waals surface area contributed by atoms with Crippen LogP contribution in [0.3, 0.4) is 0 Å². The van der Waals surface area contributed by atoms with Crippen molar-refractivity contribution in [1.82, 2.24) is 24.9 Å². The van der Waals surface area contributed by atoms with E-state index in [2.05, 4.69) is 131 Å². The molecular weight excluding hydrogens is 556 g/mol. The average molecular weight is 587 g/mol. The first-order valence-electron chi connectivity index (χ1n) is 12.3. The SMILES string of the molecule is CC#CC#CC#CC#CC#CC#CC#CC.Cc1noc(C)c1-c1cc(-c2ccnn2C)c2nc[nH]c2c1.N=N/N=N/N=O.[HH].[HH].[HH].[HH]. The zero-order chi connectivity index (χ0) is 32.0. The quantitative estimate of drug-likeness (QED) is 0.123. The molecule has 44 heavy (non-hydrogen) atoms. The van der Waals surface area contributed by atoms with Crippen molar-refractivity contribution in [3.8, 4) is 105 Å². The van der Waals surface area contributed by atoms with Crippen molar-refractivity contribution in [3.63, 3.8) is 0 Å². The van der Waals surface area contributed by atoms with Crippen LogP contribution in [0.25, 0.3) is 33.4 Å². The first-order valence-corrected chi connectivity index (χ1v) is 12.3. The van der Waals surface area contributed by atoms with Crippen LogP contribution in [0.4, 0.5) is 0 Å². The topological polar surface area (TPSA) is 163 Å². The molecule has 220 valence electrons. The van der Waals surface area contributed by atoms with E-state index >= 15 is 0 Å². The summed E-state index contributed by atoms with van der Waals surface area (Å²) in [6.07, 6.45) is 3.50. The highest BCUT2D eigenvalue weighted by molar-refractivity contribution is 5.95. The molecule has 0 atom stereocenters.